The zero-order chi connectivity index (χ0) is 23.8. The van der Waals surface area contributed by atoms with Crippen LogP contribution in [0.1, 0.15) is 43.6 Å². The maximum absolute atomic E-state index is 13.1. The number of amides is 2. The molecule has 0 aromatic heterocycles. The van der Waals surface area contributed by atoms with Gasteiger partial charge in [-0.1, -0.05) is 13.8 Å². The van der Waals surface area contributed by atoms with Gasteiger partial charge in [-0.05, 0) is 77.7 Å². The molecule has 0 heterocycles. The van der Waals surface area contributed by atoms with Crippen LogP contribution in [-0.4, -0.2) is 37.3 Å². The highest BCUT2D eigenvalue weighted by Crippen LogP contribution is 2.36. The number of rotatable bonds is 9. The van der Waals surface area contributed by atoms with Gasteiger partial charge in [-0.2, -0.15) is 5.10 Å². The molecular weight excluding hydrogens is 481 g/mol. The van der Waals surface area contributed by atoms with Crippen LogP contribution >= 0.6 is 15.9 Å². The highest BCUT2D eigenvalue weighted by atomic mass is 79.9. The summed E-state index contributed by atoms with van der Waals surface area (Å²) in [5.41, 5.74) is 3.38. The molecular formula is C23H27BrFN3O4. The van der Waals surface area contributed by atoms with Gasteiger partial charge in [0.25, 0.3) is 11.8 Å². The molecule has 32 heavy (non-hydrogen) atoms. The number of methoxy groups -OCH3 is 1. The Morgan fingerprint density at radius 3 is 2.34 bits per heavy atom. The molecule has 0 radical (unpaired) electrons. The predicted molar refractivity (Wildman–Crippen MR) is 125 cm³/mol. The third kappa shape index (κ3) is 7.05. The number of carbonyl (C=O) groups excluding carboxylic acids is 2. The fourth-order valence-electron chi connectivity index (χ4n) is 2.77. The van der Waals surface area contributed by atoms with E-state index >= 15 is 0 Å². The highest BCUT2D eigenvalue weighted by molar-refractivity contribution is 9.10. The molecule has 9 heteroatoms. The van der Waals surface area contributed by atoms with Crippen LogP contribution < -0.4 is 20.2 Å². The van der Waals surface area contributed by atoms with Crippen LogP contribution in [-0.2, 0) is 4.79 Å². The molecule has 172 valence electrons. The molecule has 1 atom stereocenters. The van der Waals surface area contributed by atoms with Crippen LogP contribution in [0.3, 0.4) is 0 Å². The molecule has 2 aromatic rings. The van der Waals surface area contributed by atoms with Crippen molar-refractivity contribution in [1.29, 1.82) is 0 Å². The van der Waals surface area contributed by atoms with Crippen molar-refractivity contribution in [2.75, 3.05) is 7.11 Å². The van der Waals surface area contributed by atoms with Gasteiger partial charge in [-0.3, -0.25) is 9.59 Å². The molecule has 0 aliphatic rings. The topological polar surface area (TPSA) is 89.0 Å². The Bertz CT molecular complexity index is 978. The number of nitrogens with zero attached hydrogens (tertiary/aromatic N) is 1. The van der Waals surface area contributed by atoms with E-state index in [1.807, 2.05) is 13.8 Å². The van der Waals surface area contributed by atoms with Gasteiger partial charge < -0.3 is 14.8 Å². The summed E-state index contributed by atoms with van der Waals surface area (Å²) in [7, 11) is 1.54. The molecule has 0 fully saturated rings. The van der Waals surface area contributed by atoms with Crippen LogP contribution in [0.4, 0.5) is 4.39 Å². The Kier molecular flexibility index (Phi) is 9.19. The van der Waals surface area contributed by atoms with Gasteiger partial charge in [0.05, 0.1) is 23.9 Å². The summed E-state index contributed by atoms with van der Waals surface area (Å²) in [6.45, 7) is 7.43. The maximum atomic E-state index is 13.1. The first-order valence-electron chi connectivity index (χ1n) is 10.1. The number of hydrazone groups is 1. The smallest absolute Gasteiger partial charge is 0.262 e. The zero-order valence-corrected chi connectivity index (χ0v) is 20.2. The second-order valence-electron chi connectivity index (χ2n) is 7.64. The Morgan fingerprint density at radius 2 is 1.78 bits per heavy atom. The van der Waals surface area contributed by atoms with Crippen LogP contribution in [0.25, 0.3) is 0 Å². The highest BCUT2D eigenvalue weighted by Gasteiger charge is 2.24. The minimum atomic E-state index is -0.826. The molecule has 2 amide bonds. The number of hydrogen-bond donors (Lipinski definition) is 2. The molecule has 0 aliphatic carbocycles. The van der Waals surface area contributed by atoms with Crippen molar-refractivity contribution < 1.29 is 23.5 Å². The molecule has 0 aliphatic heterocycles. The first-order valence-corrected chi connectivity index (χ1v) is 10.8. The molecule has 0 spiro atoms. The van der Waals surface area contributed by atoms with Crippen molar-refractivity contribution in [2.24, 2.45) is 11.0 Å². The van der Waals surface area contributed by atoms with Gasteiger partial charge in [0, 0.05) is 5.56 Å². The third-order valence-corrected chi connectivity index (χ3v) is 4.92. The summed E-state index contributed by atoms with van der Waals surface area (Å²) in [6, 6.07) is 7.78. The van der Waals surface area contributed by atoms with E-state index in [9.17, 15) is 14.0 Å². The summed E-state index contributed by atoms with van der Waals surface area (Å²) >= 11 is 3.46. The minimum Gasteiger partial charge on any atom is -0.493 e. The van der Waals surface area contributed by atoms with E-state index in [0.717, 1.165) is 0 Å². The van der Waals surface area contributed by atoms with E-state index in [1.54, 1.807) is 26.0 Å². The van der Waals surface area contributed by atoms with Crippen molar-refractivity contribution in [3.8, 4) is 11.5 Å². The quantitative estimate of drug-likeness (QED) is 0.391. The average Bonchev–Trinajstić information content (AvgIpc) is 2.73. The van der Waals surface area contributed by atoms with Crippen molar-refractivity contribution in [3.63, 3.8) is 0 Å². The third-order valence-electron chi connectivity index (χ3n) is 4.34. The molecule has 1 unspecified atom stereocenters. The number of nitrogens with one attached hydrogen (secondary N) is 2. The lowest BCUT2D eigenvalue weighted by Crippen LogP contribution is -2.48. The van der Waals surface area contributed by atoms with Crippen molar-refractivity contribution >= 4 is 34.0 Å². The summed E-state index contributed by atoms with van der Waals surface area (Å²) in [5.74, 6) is -0.494. The second kappa shape index (κ2) is 11.6. The summed E-state index contributed by atoms with van der Waals surface area (Å²) in [5, 5.41) is 6.66. The molecule has 7 nitrogen and oxygen atoms in total. The fourth-order valence-corrected chi connectivity index (χ4v) is 3.32. The zero-order valence-electron chi connectivity index (χ0n) is 18.6. The lowest BCUT2D eigenvalue weighted by atomic mass is 10.0. The number of carbonyl (C=O) groups is 2. The van der Waals surface area contributed by atoms with E-state index in [1.165, 1.54) is 37.6 Å². The largest absolute Gasteiger partial charge is 0.493 e. The van der Waals surface area contributed by atoms with Gasteiger partial charge in [0.2, 0.25) is 0 Å². The van der Waals surface area contributed by atoms with Gasteiger partial charge >= 0.3 is 0 Å². The molecule has 2 rings (SSSR count). The van der Waals surface area contributed by atoms with Crippen molar-refractivity contribution in [2.45, 2.75) is 39.8 Å². The summed E-state index contributed by atoms with van der Waals surface area (Å²) in [4.78, 5) is 25.0. The Balaban J connectivity index is 2.08. The normalized spacial score (nSPS) is 12.2. The maximum Gasteiger partial charge on any atom is 0.262 e. The SMILES string of the molecule is COc1cc(C=NNC(=O)C(NC(=O)c2ccc(F)cc2)C(C)C)cc(Br)c1OC(C)C. The van der Waals surface area contributed by atoms with Gasteiger partial charge in [-0.15, -0.1) is 0 Å². The first-order chi connectivity index (χ1) is 15.1. The Labute approximate surface area is 195 Å². The molecule has 0 saturated carbocycles. The van der Waals surface area contributed by atoms with Gasteiger partial charge in [-0.25, -0.2) is 9.82 Å². The standard InChI is InChI=1S/C23H27BrFN3O4/c1-13(2)20(27-22(29)16-6-8-17(25)9-7-16)23(30)28-26-12-15-10-18(24)21(32-14(3)4)19(11-15)31-5/h6-14,20H,1-5H3,(H,27,29)(H,28,30). The number of halogens is 2. The number of benzene rings is 2. The van der Waals surface area contributed by atoms with E-state index < -0.39 is 23.7 Å². The van der Waals surface area contributed by atoms with E-state index in [2.05, 4.69) is 31.8 Å². The number of hydrogen-bond acceptors (Lipinski definition) is 5. The average molecular weight is 508 g/mol. The van der Waals surface area contributed by atoms with Crippen LogP contribution in [0, 0.1) is 11.7 Å². The summed E-state index contributed by atoms with van der Waals surface area (Å²) in [6.07, 6.45) is 1.43. The van der Waals surface area contributed by atoms with Crippen LogP contribution in [0.15, 0.2) is 46.0 Å². The number of ether oxygens (including phenoxy) is 2. The monoisotopic (exact) mass is 507 g/mol. The van der Waals surface area contributed by atoms with E-state index in [4.69, 9.17) is 9.47 Å². The Morgan fingerprint density at radius 1 is 1.12 bits per heavy atom. The van der Waals surface area contributed by atoms with Crippen molar-refractivity contribution in [1.82, 2.24) is 10.7 Å². The van der Waals surface area contributed by atoms with E-state index in [0.29, 0.717) is 21.5 Å². The molecule has 0 saturated heterocycles. The first kappa shape index (κ1) is 25.3. The van der Waals surface area contributed by atoms with Crippen molar-refractivity contribution in [3.05, 3.63) is 57.8 Å². The Hall–Kier alpha value is -2.94. The molecule has 0 bridgehead atoms. The molecule has 2 N–H and O–H groups in total. The summed E-state index contributed by atoms with van der Waals surface area (Å²) < 4.78 is 24.9. The lowest BCUT2D eigenvalue weighted by Gasteiger charge is -2.20. The minimum absolute atomic E-state index is 0.0305. The van der Waals surface area contributed by atoms with Gasteiger partial charge in [0.15, 0.2) is 11.5 Å². The molecule has 2 aromatic carbocycles. The van der Waals surface area contributed by atoms with Crippen LogP contribution in [0.5, 0.6) is 11.5 Å². The van der Waals surface area contributed by atoms with E-state index in [-0.39, 0.29) is 17.6 Å². The lowest BCUT2D eigenvalue weighted by molar-refractivity contribution is -0.123. The predicted octanol–water partition coefficient (Wildman–Crippen LogP) is 4.29. The fraction of sp³-hybridized carbons (Fsp3) is 0.348. The second-order valence-corrected chi connectivity index (χ2v) is 8.49. The van der Waals surface area contributed by atoms with Gasteiger partial charge in [0.1, 0.15) is 11.9 Å². The van der Waals surface area contributed by atoms with Crippen LogP contribution in [0.2, 0.25) is 0 Å².